The largest absolute Gasteiger partial charge is 0.353 e. The van der Waals surface area contributed by atoms with Crippen molar-refractivity contribution >= 4 is 15.9 Å². The summed E-state index contributed by atoms with van der Waals surface area (Å²) in [6, 6.07) is 1.50. The Balaban J connectivity index is 4.32. The molecule has 0 radical (unpaired) electrons. The lowest BCUT2D eigenvalue weighted by Crippen LogP contribution is -2.41. The summed E-state index contributed by atoms with van der Waals surface area (Å²) in [4.78, 5) is 11.2. The van der Waals surface area contributed by atoms with Gasteiger partial charge in [0.25, 0.3) is 0 Å². The van der Waals surface area contributed by atoms with Gasteiger partial charge in [-0.25, -0.2) is 8.42 Å². The molecular formula is C8H15N3O3S. The number of rotatable bonds is 5. The predicted octanol–water partition coefficient (Wildman–Crippen LogP) is -0.704. The van der Waals surface area contributed by atoms with Crippen LogP contribution in [0.15, 0.2) is 0 Å². The molecule has 0 aromatic carbocycles. The lowest BCUT2D eigenvalue weighted by Gasteiger charge is -2.15. The molecule has 7 heteroatoms. The molecule has 0 rings (SSSR count). The number of nitrogens with zero attached hydrogens (tertiary/aromatic N) is 2. The molecule has 0 aromatic heterocycles. The number of amides is 1. The number of nitriles is 1. The maximum absolute atomic E-state index is 11.3. The average molecular weight is 233 g/mol. The third kappa shape index (κ3) is 5.34. The van der Waals surface area contributed by atoms with Gasteiger partial charge in [-0.1, -0.05) is 0 Å². The van der Waals surface area contributed by atoms with E-state index in [9.17, 15) is 13.2 Å². The second kappa shape index (κ2) is 5.68. The Morgan fingerprint density at radius 3 is 2.47 bits per heavy atom. The summed E-state index contributed by atoms with van der Waals surface area (Å²) < 4.78 is 23.4. The molecule has 1 amide bonds. The first-order valence-electron chi connectivity index (χ1n) is 4.40. The summed E-state index contributed by atoms with van der Waals surface area (Å²) in [5, 5.41) is 10.8. The minimum atomic E-state index is -3.63. The van der Waals surface area contributed by atoms with Crippen molar-refractivity contribution in [2.24, 2.45) is 0 Å². The van der Waals surface area contributed by atoms with Gasteiger partial charge in [0, 0.05) is 13.1 Å². The van der Waals surface area contributed by atoms with Crippen LogP contribution in [0.4, 0.5) is 0 Å². The Morgan fingerprint density at radius 2 is 2.07 bits per heavy atom. The number of sulfonamides is 1. The SMILES string of the molecule is CC(C)NC(=O)CN(C)S(=O)(=O)CC#N. The van der Waals surface area contributed by atoms with Crippen LogP contribution in [0.25, 0.3) is 0 Å². The van der Waals surface area contributed by atoms with Crippen molar-refractivity contribution in [3.63, 3.8) is 0 Å². The molecule has 0 bridgehead atoms. The Labute approximate surface area is 89.9 Å². The number of carbonyl (C=O) groups is 1. The first kappa shape index (κ1) is 13.9. The normalized spacial score (nSPS) is 11.5. The molecule has 0 unspecified atom stereocenters. The number of carbonyl (C=O) groups excluding carboxylic acids is 1. The van der Waals surface area contributed by atoms with Crippen LogP contribution < -0.4 is 5.32 Å². The molecular weight excluding hydrogens is 218 g/mol. The van der Waals surface area contributed by atoms with E-state index in [2.05, 4.69) is 5.32 Å². The highest BCUT2D eigenvalue weighted by atomic mass is 32.2. The van der Waals surface area contributed by atoms with Crippen LogP contribution in [0.1, 0.15) is 13.8 Å². The lowest BCUT2D eigenvalue weighted by atomic mass is 10.4. The second-order valence-electron chi connectivity index (χ2n) is 3.39. The van der Waals surface area contributed by atoms with Crippen LogP contribution in [0.5, 0.6) is 0 Å². The monoisotopic (exact) mass is 233 g/mol. The predicted molar refractivity (Wildman–Crippen MR) is 55.3 cm³/mol. The van der Waals surface area contributed by atoms with Gasteiger partial charge in [0.15, 0.2) is 5.75 Å². The maximum Gasteiger partial charge on any atom is 0.235 e. The molecule has 0 aliphatic carbocycles. The second-order valence-corrected chi connectivity index (χ2v) is 5.47. The van der Waals surface area contributed by atoms with Crippen LogP contribution in [0.2, 0.25) is 0 Å². The first-order valence-corrected chi connectivity index (χ1v) is 6.01. The summed E-state index contributed by atoms with van der Waals surface area (Å²) >= 11 is 0. The molecule has 0 aromatic rings. The fourth-order valence-corrected chi connectivity index (χ4v) is 1.56. The van der Waals surface area contributed by atoms with E-state index in [0.29, 0.717) is 0 Å². The number of hydrogen-bond donors (Lipinski definition) is 1. The van der Waals surface area contributed by atoms with E-state index in [0.717, 1.165) is 4.31 Å². The summed E-state index contributed by atoms with van der Waals surface area (Å²) in [6.07, 6.45) is 0. The highest BCUT2D eigenvalue weighted by Crippen LogP contribution is 1.96. The zero-order chi connectivity index (χ0) is 12.1. The van der Waals surface area contributed by atoms with Crippen molar-refractivity contribution in [3.8, 4) is 6.07 Å². The van der Waals surface area contributed by atoms with Crippen LogP contribution in [-0.4, -0.2) is 44.0 Å². The fraction of sp³-hybridized carbons (Fsp3) is 0.750. The molecule has 6 nitrogen and oxygen atoms in total. The Hall–Kier alpha value is -1.13. The van der Waals surface area contributed by atoms with Crippen LogP contribution in [0.3, 0.4) is 0 Å². The van der Waals surface area contributed by atoms with E-state index in [1.54, 1.807) is 19.9 Å². The molecule has 0 fully saturated rings. The minimum Gasteiger partial charge on any atom is -0.353 e. The number of likely N-dealkylation sites (N-methyl/N-ethyl adjacent to an activating group) is 1. The summed E-state index contributed by atoms with van der Waals surface area (Å²) in [6.45, 7) is 3.30. The van der Waals surface area contributed by atoms with Crippen molar-refractivity contribution in [1.29, 1.82) is 5.26 Å². The zero-order valence-corrected chi connectivity index (χ0v) is 9.84. The molecule has 0 heterocycles. The van der Waals surface area contributed by atoms with E-state index in [4.69, 9.17) is 5.26 Å². The van der Waals surface area contributed by atoms with Gasteiger partial charge in [0.2, 0.25) is 15.9 Å². The van der Waals surface area contributed by atoms with Gasteiger partial charge in [0.05, 0.1) is 12.6 Å². The quantitative estimate of drug-likeness (QED) is 0.679. The maximum atomic E-state index is 11.3. The minimum absolute atomic E-state index is 0.0374. The fourth-order valence-electron chi connectivity index (χ4n) is 0.860. The number of hydrogen-bond acceptors (Lipinski definition) is 4. The summed E-state index contributed by atoms with van der Waals surface area (Å²) in [5.74, 6) is -0.993. The molecule has 0 aliphatic heterocycles. The molecule has 1 N–H and O–H groups in total. The topological polar surface area (TPSA) is 90.3 Å². The molecule has 15 heavy (non-hydrogen) atoms. The molecule has 0 spiro atoms. The molecule has 0 saturated heterocycles. The van der Waals surface area contributed by atoms with E-state index in [-0.39, 0.29) is 18.5 Å². The Morgan fingerprint density at radius 1 is 1.53 bits per heavy atom. The van der Waals surface area contributed by atoms with E-state index in [1.165, 1.54) is 7.05 Å². The molecule has 0 saturated carbocycles. The number of nitrogens with one attached hydrogen (secondary N) is 1. The summed E-state index contributed by atoms with van der Waals surface area (Å²) in [5.41, 5.74) is 0. The highest BCUT2D eigenvalue weighted by molar-refractivity contribution is 7.89. The third-order valence-electron chi connectivity index (χ3n) is 1.54. The van der Waals surface area contributed by atoms with E-state index < -0.39 is 15.8 Å². The third-order valence-corrected chi connectivity index (χ3v) is 3.11. The zero-order valence-electron chi connectivity index (χ0n) is 9.02. The Bertz CT molecular complexity index is 356. The van der Waals surface area contributed by atoms with Crippen LogP contribution in [-0.2, 0) is 14.8 Å². The van der Waals surface area contributed by atoms with Gasteiger partial charge in [0.1, 0.15) is 0 Å². The van der Waals surface area contributed by atoms with Crippen molar-refractivity contribution in [1.82, 2.24) is 9.62 Å². The molecule has 0 atom stereocenters. The lowest BCUT2D eigenvalue weighted by molar-refractivity contribution is -0.121. The van der Waals surface area contributed by atoms with Gasteiger partial charge >= 0.3 is 0 Å². The van der Waals surface area contributed by atoms with E-state index >= 15 is 0 Å². The first-order chi connectivity index (χ1) is 6.79. The van der Waals surface area contributed by atoms with Crippen molar-refractivity contribution < 1.29 is 13.2 Å². The highest BCUT2D eigenvalue weighted by Gasteiger charge is 2.20. The average Bonchev–Trinajstić information content (AvgIpc) is 2.01. The van der Waals surface area contributed by atoms with Crippen molar-refractivity contribution in [2.45, 2.75) is 19.9 Å². The van der Waals surface area contributed by atoms with Crippen LogP contribution >= 0.6 is 0 Å². The van der Waals surface area contributed by atoms with E-state index in [1.807, 2.05) is 0 Å². The molecule has 0 aliphatic rings. The van der Waals surface area contributed by atoms with Gasteiger partial charge in [-0.3, -0.25) is 4.79 Å². The Kier molecular flexibility index (Phi) is 5.25. The van der Waals surface area contributed by atoms with Gasteiger partial charge in [-0.05, 0) is 13.8 Å². The van der Waals surface area contributed by atoms with Gasteiger partial charge in [-0.2, -0.15) is 9.57 Å². The van der Waals surface area contributed by atoms with Crippen molar-refractivity contribution in [2.75, 3.05) is 19.3 Å². The van der Waals surface area contributed by atoms with Gasteiger partial charge < -0.3 is 5.32 Å². The smallest absolute Gasteiger partial charge is 0.235 e. The summed E-state index contributed by atoms with van der Waals surface area (Å²) in [7, 11) is -2.36. The molecule has 86 valence electrons. The van der Waals surface area contributed by atoms with Gasteiger partial charge in [-0.15, -0.1) is 0 Å². The van der Waals surface area contributed by atoms with Crippen molar-refractivity contribution in [3.05, 3.63) is 0 Å². The standard InChI is InChI=1S/C8H15N3O3S/c1-7(2)10-8(12)6-11(3)15(13,14)5-4-9/h7H,5-6H2,1-3H3,(H,10,12). The van der Waals surface area contributed by atoms with Crippen LogP contribution in [0, 0.1) is 11.3 Å².